The van der Waals surface area contributed by atoms with Crippen LogP contribution in [0.1, 0.15) is 22.3 Å². The predicted octanol–water partition coefficient (Wildman–Crippen LogP) is 11.8. The van der Waals surface area contributed by atoms with Gasteiger partial charge in [0, 0.05) is 56.7 Å². The highest BCUT2D eigenvalue weighted by Gasteiger charge is 2.44. The van der Waals surface area contributed by atoms with Crippen molar-refractivity contribution in [2.75, 3.05) is 9.80 Å². The van der Waals surface area contributed by atoms with Crippen molar-refractivity contribution in [1.82, 2.24) is 14.5 Å². The van der Waals surface area contributed by atoms with Gasteiger partial charge >= 0.3 is 0 Å². The SMILES string of the molecule is Cc1ccc(N2c3ccc(-c4nc5ccccc5s4)cc3B3c4cc5c(cc4N(c4ccc(C)cc4C)c4cccc2c43)c2ccccc2n5-c2ccccn2)c(C)c1. The fourth-order valence-corrected chi connectivity index (χ4v) is 10.9. The molecule has 0 fully saturated rings. The van der Waals surface area contributed by atoms with E-state index in [4.69, 9.17) is 9.97 Å². The Morgan fingerprint density at radius 1 is 0.508 bits per heavy atom. The molecule has 0 N–H and O–H groups in total. The van der Waals surface area contributed by atoms with E-state index >= 15 is 0 Å². The van der Waals surface area contributed by atoms with Gasteiger partial charge in [-0.3, -0.25) is 4.57 Å². The Morgan fingerprint density at radius 2 is 1.19 bits per heavy atom. The molecule has 59 heavy (non-hydrogen) atoms. The van der Waals surface area contributed by atoms with Crippen LogP contribution in [0.5, 0.6) is 0 Å². The summed E-state index contributed by atoms with van der Waals surface area (Å²) in [5.74, 6) is 0.907. The van der Waals surface area contributed by atoms with Gasteiger partial charge in [-0.1, -0.05) is 83.9 Å². The Hall–Kier alpha value is -6.96. The Morgan fingerprint density at radius 3 is 1.92 bits per heavy atom. The standard InChI is InChI=1S/C52H38BN5S/c1-31-19-22-41(33(3)26-31)56-44-24-21-35(52-55-40-13-6-8-17-49(40)59-52)28-38(44)53-39-30-47-37(36-12-5-7-14-43(36)58(47)50-18-9-10-25-54-50)29-48(39)57(42-23-20-32(2)27-34(42)4)46-16-11-15-45(56)51(46)53/h5-30H,1-4H3. The first-order valence-corrected chi connectivity index (χ1v) is 21.1. The first-order chi connectivity index (χ1) is 28.9. The summed E-state index contributed by atoms with van der Waals surface area (Å²) in [6.07, 6.45) is 1.89. The second-order valence-electron chi connectivity index (χ2n) is 16.1. The van der Waals surface area contributed by atoms with Crippen LogP contribution < -0.4 is 26.2 Å². The molecular weight excluding hydrogens is 737 g/mol. The average Bonchev–Trinajstić information content (AvgIpc) is 3.83. The number of thiazole rings is 1. The number of hydrogen-bond acceptors (Lipinski definition) is 5. The minimum absolute atomic E-state index is 0.0656. The van der Waals surface area contributed by atoms with Gasteiger partial charge in [-0.2, -0.15) is 0 Å². The molecule has 0 amide bonds. The van der Waals surface area contributed by atoms with Crippen LogP contribution in [-0.2, 0) is 0 Å². The third-order valence-electron chi connectivity index (χ3n) is 12.4. The number of nitrogens with zero attached hydrogens (tertiary/aromatic N) is 5. The van der Waals surface area contributed by atoms with E-state index in [2.05, 4.69) is 188 Å². The lowest BCUT2D eigenvalue weighted by molar-refractivity contribution is 1.08. The molecule has 0 atom stereocenters. The van der Waals surface area contributed by atoms with Crippen LogP contribution in [0.25, 0.3) is 48.4 Å². The van der Waals surface area contributed by atoms with Crippen molar-refractivity contribution in [2.24, 2.45) is 0 Å². The molecule has 2 aliphatic heterocycles. The number of benzene rings is 7. The van der Waals surface area contributed by atoms with Crippen molar-refractivity contribution < 1.29 is 0 Å². The van der Waals surface area contributed by atoms with Gasteiger partial charge in [0.1, 0.15) is 10.8 Å². The van der Waals surface area contributed by atoms with Gasteiger partial charge in [0.05, 0.1) is 21.3 Å². The first kappa shape index (κ1) is 34.1. The summed E-state index contributed by atoms with van der Waals surface area (Å²) in [4.78, 5) is 15.1. The molecule has 7 heteroatoms. The van der Waals surface area contributed by atoms with Gasteiger partial charge in [0.15, 0.2) is 0 Å². The quantitative estimate of drug-likeness (QED) is 0.167. The summed E-state index contributed by atoms with van der Waals surface area (Å²) in [7, 11) is 0. The molecule has 0 aliphatic carbocycles. The molecule has 0 unspecified atom stereocenters. The second kappa shape index (κ2) is 12.8. The molecule has 5 heterocycles. The molecule has 0 radical (unpaired) electrons. The van der Waals surface area contributed by atoms with Crippen LogP contribution in [0.15, 0.2) is 158 Å². The van der Waals surface area contributed by atoms with Gasteiger partial charge in [-0.15, -0.1) is 11.3 Å². The maximum absolute atomic E-state index is 5.17. The number of rotatable bonds is 4. The highest BCUT2D eigenvalue weighted by molar-refractivity contribution is 7.21. The highest BCUT2D eigenvalue weighted by atomic mass is 32.1. The van der Waals surface area contributed by atoms with E-state index in [1.165, 1.54) is 88.2 Å². The fourth-order valence-electron chi connectivity index (χ4n) is 9.89. The minimum atomic E-state index is -0.0656. The lowest BCUT2D eigenvalue weighted by Crippen LogP contribution is -2.61. The van der Waals surface area contributed by atoms with Gasteiger partial charge < -0.3 is 9.80 Å². The van der Waals surface area contributed by atoms with Crippen molar-refractivity contribution >= 4 is 101 Å². The van der Waals surface area contributed by atoms with Crippen LogP contribution in [-0.4, -0.2) is 21.2 Å². The van der Waals surface area contributed by atoms with Gasteiger partial charge in [-0.05, 0) is 134 Å². The molecule has 0 saturated heterocycles. The largest absolute Gasteiger partial charge is 0.311 e. The minimum Gasteiger partial charge on any atom is -0.311 e. The highest BCUT2D eigenvalue weighted by Crippen LogP contribution is 2.47. The summed E-state index contributed by atoms with van der Waals surface area (Å²) < 4.78 is 3.54. The Bertz CT molecular complexity index is 3330. The summed E-state index contributed by atoms with van der Waals surface area (Å²) in [6, 6.07) is 56.0. The molecule has 5 nitrogen and oxygen atoms in total. The fraction of sp³-hybridized carbons (Fsp3) is 0.0769. The van der Waals surface area contributed by atoms with Crippen LogP contribution in [0.3, 0.4) is 0 Å². The maximum atomic E-state index is 5.17. The molecule has 12 rings (SSSR count). The Kier molecular flexibility index (Phi) is 7.39. The lowest BCUT2D eigenvalue weighted by atomic mass is 9.33. The summed E-state index contributed by atoms with van der Waals surface area (Å²) >= 11 is 1.76. The molecule has 0 spiro atoms. The number of aromatic nitrogens is 3. The van der Waals surface area contributed by atoms with Crippen LogP contribution in [0, 0.1) is 27.7 Å². The Balaban J connectivity index is 1.22. The van der Waals surface area contributed by atoms with E-state index in [0.717, 1.165) is 32.9 Å². The normalized spacial score (nSPS) is 13.0. The van der Waals surface area contributed by atoms with Crippen molar-refractivity contribution in [1.29, 1.82) is 0 Å². The number of aryl methyl sites for hydroxylation is 4. The predicted molar refractivity (Wildman–Crippen MR) is 250 cm³/mol. The van der Waals surface area contributed by atoms with Gasteiger partial charge in [0.2, 0.25) is 0 Å². The summed E-state index contributed by atoms with van der Waals surface area (Å²) in [5, 5.41) is 3.44. The van der Waals surface area contributed by atoms with Crippen LogP contribution in [0.4, 0.5) is 34.1 Å². The van der Waals surface area contributed by atoms with E-state index in [1.54, 1.807) is 11.3 Å². The maximum Gasteiger partial charge on any atom is 0.252 e. The zero-order chi connectivity index (χ0) is 39.5. The third-order valence-corrected chi connectivity index (χ3v) is 13.5. The first-order valence-electron chi connectivity index (χ1n) is 20.3. The summed E-state index contributed by atoms with van der Waals surface area (Å²) in [6.45, 7) is 8.78. The second-order valence-corrected chi connectivity index (χ2v) is 17.2. The van der Waals surface area contributed by atoms with E-state index in [0.29, 0.717) is 0 Å². The zero-order valence-corrected chi connectivity index (χ0v) is 34.0. The summed E-state index contributed by atoms with van der Waals surface area (Å²) in [5.41, 5.74) is 20.4. The average molecular weight is 776 g/mol. The molecule has 10 aromatic rings. The molecule has 7 aromatic carbocycles. The molecule has 3 aromatic heterocycles. The smallest absolute Gasteiger partial charge is 0.252 e. The number of para-hydroxylation sites is 2. The van der Waals surface area contributed by atoms with E-state index < -0.39 is 0 Å². The van der Waals surface area contributed by atoms with Crippen LogP contribution >= 0.6 is 11.3 Å². The van der Waals surface area contributed by atoms with Gasteiger partial charge in [0.25, 0.3) is 6.71 Å². The number of anilines is 6. The zero-order valence-electron chi connectivity index (χ0n) is 33.2. The van der Waals surface area contributed by atoms with Crippen molar-refractivity contribution in [2.45, 2.75) is 27.7 Å². The monoisotopic (exact) mass is 775 g/mol. The molecule has 0 bridgehead atoms. The number of fused-ring (bicyclic) bond motifs is 8. The van der Waals surface area contributed by atoms with Crippen molar-refractivity contribution in [3.05, 3.63) is 180 Å². The number of hydrogen-bond donors (Lipinski definition) is 0. The van der Waals surface area contributed by atoms with Crippen molar-refractivity contribution in [3.8, 4) is 16.4 Å². The van der Waals surface area contributed by atoms with E-state index in [9.17, 15) is 0 Å². The van der Waals surface area contributed by atoms with Crippen molar-refractivity contribution in [3.63, 3.8) is 0 Å². The molecule has 0 saturated carbocycles. The van der Waals surface area contributed by atoms with Crippen LogP contribution in [0.2, 0.25) is 0 Å². The lowest BCUT2D eigenvalue weighted by Gasteiger charge is -2.44. The molecule has 280 valence electrons. The Labute approximate surface area is 347 Å². The van der Waals surface area contributed by atoms with E-state index in [1.807, 2.05) is 12.3 Å². The topological polar surface area (TPSA) is 37.2 Å². The van der Waals surface area contributed by atoms with E-state index in [-0.39, 0.29) is 6.71 Å². The number of pyridine rings is 1. The molecular formula is C52H38BN5S. The molecule has 2 aliphatic rings. The van der Waals surface area contributed by atoms with Gasteiger partial charge in [-0.25, -0.2) is 9.97 Å². The third kappa shape index (κ3) is 5.04.